The zero-order chi connectivity index (χ0) is 18.8. The minimum absolute atomic E-state index is 0.243. The molecule has 0 amide bonds. The van der Waals surface area contributed by atoms with Crippen molar-refractivity contribution in [3.8, 4) is 0 Å². The van der Waals surface area contributed by atoms with Gasteiger partial charge in [0.25, 0.3) is 0 Å². The molecule has 0 radical (unpaired) electrons. The number of unbranched alkanes of at least 4 members (excludes halogenated alkanes) is 4. The number of halogens is 3. The van der Waals surface area contributed by atoms with Gasteiger partial charge in [-0.3, -0.25) is 4.79 Å². The Kier molecular flexibility index (Phi) is 14.9. The molecular formula is C21H31F3O. The lowest BCUT2D eigenvalue weighted by Gasteiger charge is -2.02. The highest BCUT2D eigenvalue weighted by molar-refractivity contribution is 5.83. The SMILES string of the molecule is CCCCC/C=C\C/C=C\C/C=C\C/C=C\CCCC(=O)C(F)(F)F. The van der Waals surface area contributed by atoms with Gasteiger partial charge in [-0.15, -0.1) is 0 Å². The van der Waals surface area contributed by atoms with Crippen LogP contribution in [0.15, 0.2) is 48.6 Å². The molecule has 4 heteroatoms. The molecule has 0 N–H and O–H groups in total. The Morgan fingerprint density at radius 1 is 0.720 bits per heavy atom. The van der Waals surface area contributed by atoms with E-state index in [2.05, 4.69) is 37.3 Å². The smallest absolute Gasteiger partial charge is 0.290 e. The molecule has 1 nitrogen and oxygen atoms in total. The molecule has 0 aliphatic heterocycles. The van der Waals surface area contributed by atoms with Gasteiger partial charge in [0.1, 0.15) is 0 Å². The maximum atomic E-state index is 12.0. The van der Waals surface area contributed by atoms with Crippen molar-refractivity contribution in [2.24, 2.45) is 0 Å². The number of Topliss-reactive ketones (excluding diaryl/α,β-unsaturated/α-hetero) is 1. The van der Waals surface area contributed by atoms with Gasteiger partial charge in [0.05, 0.1) is 0 Å². The van der Waals surface area contributed by atoms with Crippen LogP contribution in [-0.2, 0) is 4.79 Å². The third-order valence-corrected chi connectivity index (χ3v) is 3.55. The number of allylic oxidation sites excluding steroid dienone is 8. The third kappa shape index (κ3) is 17.0. The molecule has 0 aromatic heterocycles. The molecule has 0 fully saturated rings. The summed E-state index contributed by atoms with van der Waals surface area (Å²) >= 11 is 0. The van der Waals surface area contributed by atoms with Crippen molar-refractivity contribution in [3.63, 3.8) is 0 Å². The first-order valence-corrected chi connectivity index (χ1v) is 9.18. The van der Waals surface area contributed by atoms with Crippen LogP contribution in [0, 0.1) is 0 Å². The van der Waals surface area contributed by atoms with E-state index in [1.165, 1.54) is 19.3 Å². The van der Waals surface area contributed by atoms with Crippen LogP contribution in [-0.4, -0.2) is 12.0 Å². The average Bonchev–Trinajstić information content (AvgIpc) is 2.56. The predicted octanol–water partition coefficient (Wildman–Crippen LogP) is 7.26. The maximum Gasteiger partial charge on any atom is 0.449 e. The summed E-state index contributed by atoms with van der Waals surface area (Å²) < 4.78 is 35.9. The van der Waals surface area contributed by atoms with E-state index in [1.54, 1.807) is 0 Å². The van der Waals surface area contributed by atoms with E-state index in [4.69, 9.17) is 0 Å². The van der Waals surface area contributed by atoms with E-state index in [-0.39, 0.29) is 6.42 Å². The van der Waals surface area contributed by atoms with Crippen molar-refractivity contribution in [2.75, 3.05) is 0 Å². The number of carbonyl (C=O) groups is 1. The van der Waals surface area contributed by atoms with E-state index >= 15 is 0 Å². The lowest BCUT2D eigenvalue weighted by molar-refractivity contribution is -0.171. The molecule has 0 bridgehead atoms. The second-order valence-corrected chi connectivity index (χ2v) is 5.90. The van der Waals surface area contributed by atoms with Crippen LogP contribution in [0.2, 0.25) is 0 Å². The van der Waals surface area contributed by atoms with Crippen molar-refractivity contribution in [1.82, 2.24) is 0 Å². The van der Waals surface area contributed by atoms with Gasteiger partial charge in [-0.1, -0.05) is 68.4 Å². The van der Waals surface area contributed by atoms with Crippen molar-refractivity contribution in [3.05, 3.63) is 48.6 Å². The van der Waals surface area contributed by atoms with Gasteiger partial charge in [0.15, 0.2) is 0 Å². The minimum atomic E-state index is -4.69. The highest BCUT2D eigenvalue weighted by atomic mass is 19.4. The summed E-state index contributed by atoms with van der Waals surface area (Å²) in [5, 5.41) is 0. The molecule has 0 heterocycles. The summed E-state index contributed by atoms with van der Waals surface area (Å²) in [6.07, 6.45) is 19.8. The van der Waals surface area contributed by atoms with Crippen molar-refractivity contribution < 1.29 is 18.0 Å². The molecule has 0 saturated heterocycles. The van der Waals surface area contributed by atoms with Gasteiger partial charge in [0.2, 0.25) is 5.78 Å². The maximum absolute atomic E-state index is 12.0. The Balaban J connectivity index is 3.54. The van der Waals surface area contributed by atoms with Crippen LogP contribution < -0.4 is 0 Å². The first-order chi connectivity index (χ1) is 12.0. The van der Waals surface area contributed by atoms with Crippen molar-refractivity contribution in [1.29, 1.82) is 0 Å². The Morgan fingerprint density at radius 2 is 1.16 bits per heavy atom. The number of rotatable bonds is 14. The lowest BCUT2D eigenvalue weighted by Crippen LogP contribution is -2.22. The van der Waals surface area contributed by atoms with E-state index in [0.29, 0.717) is 6.42 Å². The quantitative estimate of drug-likeness (QED) is 0.236. The van der Waals surface area contributed by atoms with Crippen LogP contribution in [0.25, 0.3) is 0 Å². The molecule has 0 spiro atoms. The van der Waals surface area contributed by atoms with Crippen molar-refractivity contribution in [2.45, 2.75) is 77.3 Å². The number of hydrogen-bond donors (Lipinski definition) is 0. The summed E-state index contributed by atoms with van der Waals surface area (Å²) in [4.78, 5) is 10.7. The molecule has 0 atom stereocenters. The summed E-state index contributed by atoms with van der Waals surface area (Å²) in [7, 11) is 0. The zero-order valence-corrected chi connectivity index (χ0v) is 15.2. The topological polar surface area (TPSA) is 17.1 Å². The minimum Gasteiger partial charge on any atom is -0.290 e. The zero-order valence-electron chi connectivity index (χ0n) is 15.2. The Labute approximate surface area is 150 Å². The van der Waals surface area contributed by atoms with Gasteiger partial charge < -0.3 is 0 Å². The molecule has 25 heavy (non-hydrogen) atoms. The average molecular weight is 356 g/mol. The molecule has 0 aromatic carbocycles. The molecule has 0 saturated carbocycles. The van der Waals surface area contributed by atoms with Crippen LogP contribution in [0.1, 0.15) is 71.1 Å². The van der Waals surface area contributed by atoms with Crippen molar-refractivity contribution >= 4 is 5.78 Å². The van der Waals surface area contributed by atoms with Gasteiger partial charge in [0, 0.05) is 6.42 Å². The summed E-state index contributed by atoms with van der Waals surface area (Å²) in [5.74, 6) is -1.64. The van der Waals surface area contributed by atoms with Crippen LogP contribution in [0.4, 0.5) is 13.2 Å². The second kappa shape index (κ2) is 15.9. The van der Waals surface area contributed by atoms with Crippen LogP contribution >= 0.6 is 0 Å². The van der Waals surface area contributed by atoms with Gasteiger partial charge in [-0.2, -0.15) is 13.2 Å². The van der Waals surface area contributed by atoms with Crippen LogP contribution in [0.5, 0.6) is 0 Å². The number of carbonyl (C=O) groups excluding carboxylic acids is 1. The monoisotopic (exact) mass is 356 g/mol. The van der Waals surface area contributed by atoms with Gasteiger partial charge in [-0.25, -0.2) is 0 Å². The Morgan fingerprint density at radius 3 is 1.60 bits per heavy atom. The number of hydrogen-bond acceptors (Lipinski definition) is 1. The highest BCUT2D eigenvalue weighted by Gasteiger charge is 2.36. The number of ketones is 1. The standard InChI is InChI=1S/C21H31F3O/c1-2-3-4-5-6-7-8-9-10-11-12-13-14-15-16-17-18-19-20(25)21(22,23)24/h6-7,9-10,12-13,15-16H,2-5,8,11,14,17-19H2,1H3/b7-6-,10-9-,13-12-,16-15-. The summed E-state index contributed by atoms with van der Waals surface area (Å²) in [6, 6.07) is 0. The predicted molar refractivity (Wildman–Crippen MR) is 99.5 cm³/mol. The summed E-state index contributed by atoms with van der Waals surface area (Å²) in [6.45, 7) is 2.20. The molecule has 0 aliphatic rings. The fraction of sp³-hybridized carbons (Fsp3) is 0.571. The first-order valence-electron chi connectivity index (χ1n) is 9.18. The van der Waals surface area contributed by atoms with E-state index < -0.39 is 18.4 Å². The molecule has 0 unspecified atom stereocenters. The third-order valence-electron chi connectivity index (χ3n) is 3.55. The Bertz CT molecular complexity index is 443. The fourth-order valence-corrected chi connectivity index (χ4v) is 2.08. The van der Waals surface area contributed by atoms with E-state index in [0.717, 1.165) is 25.7 Å². The van der Waals surface area contributed by atoms with Gasteiger partial charge in [-0.05, 0) is 44.9 Å². The fourth-order valence-electron chi connectivity index (χ4n) is 2.08. The first kappa shape index (κ1) is 23.4. The highest BCUT2D eigenvalue weighted by Crippen LogP contribution is 2.19. The Hall–Kier alpha value is -1.58. The molecular weight excluding hydrogens is 325 g/mol. The summed E-state index contributed by atoms with van der Waals surface area (Å²) in [5.41, 5.74) is 0. The molecule has 0 aliphatic carbocycles. The van der Waals surface area contributed by atoms with E-state index in [9.17, 15) is 18.0 Å². The largest absolute Gasteiger partial charge is 0.449 e. The van der Waals surface area contributed by atoms with Gasteiger partial charge >= 0.3 is 6.18 Å². The normalized spacial score (nSPS) is 13.1. The molecule has 142 valence electrons. The van der Waals surface area contributed by atoms with E-state index in [1.807, 2.05) is 18.2 Å². The number of alkyl halides is 3. The molecule has 0 rings (SSSR count). The molecule has 0 aromatic rings. The second-order valence-electron chi connectivity index (χ2n) is 5.90. The lowest BCUT2D eigenvalue weighted by atomic mass is 10.1. The van der Waals surface area contributed by atoms with Crippen LogP contribution in [0.3, 0.4) is 0 Å².